The number of ether oxygens (including phenoxy) is 1. The first-order chi connectivity index (χ1) is 14.7. The fourth-order valence-corrected chi connectivity index (χ4v) is 2.98. The number of hydrogen-bond donors (Lipinski definition) is 2. The van der Waals surface area contributed by atoms with E-state index in [0.29, 0.717) is 29.6 Å². The van der Waals surface area contributed by atoms with Crippen LogP contribution in [0.2, 0.25) is 0 Å². The molecule has 0 aliphatic heterocycles. The van der Waals surface area contributed by atoms with Crippen LogP contribution in [0.25, 0.3) is 22.7 Å². The van der Waals surface area contributed by atoms with Crippen LogP contribution in [0.1, 0.15) is 6.92 Å². The van der Waals surface area contributed by atoms with Crippen molar-refractivity contribution < 1.29 is 13.9 Å². The second-order valence-corrected chi connectivity index (χ2v) is 6.49. The molecule has 0 aliphatic carbocycles. The van der Waals surface area contributed by atoms with Gasteiger partial charge >= 0.3 is 6.03 Å². The van der Waals surface area contributed by atoms with E-state index in [1.165, 1.54) is 0 Å². The molecule has 0 bridgehead atoms. The van der Waals surface area contributed by atoms with E-state index in [1.807, 2.05) is 67.6 Å². The van der Waals surface area contributed by atoms with Crippen molar-refractivity contribution in [1.82, 2.24) is 4.98 Å². The number of urea groups is 1. The number of anilines is 2. The van der Waals surface area contributed by atoms with E-state index in [-0.39, 0.29) is 6.03 Å². The summed E-state index contributed by atoms with van der Waals surface area (Å²) in [5, 5.41) is 5.62. The summed E-state index contributed by atoms with van der Waals surface area (Å²) in [4.78, 5) is 16.9. The van der Waals surface area contributed by atoms with Crippen molar-refractivity contribution in [3.63, 3.8) is 0 Å². The van der Waals surface area contributed by atoms with Crippen molar-refractivity contribution in [3.8, 4) is 28.5 Å². The number of oxazole rings is 1. The molecule has 1 heterocycles. The number of nitrogens with one attached hydrogen (secondary N) is 2. The average Bonchev–Trinajstić information content (AvgIpc) is 3.27. The van der Waals surface area contributed by atoms with Crippen molar-refractivity contribution in [2.45, 2.75) is 6.92 Å². The lowest BCUT2D eigenvalue weighted by atomic mass is 10.2. The van der Waals surface area contributed by atoms with Crippen LogP contribution in [0.3, 0.4) is 0 Å². The van der Waals surface area contributed by atoms with E-state index in [0.717, 1.165) is 16.8 Å². The van der Waals surface area contributed by atoms with Gasteiger partial charge in [0.1, 0.15) is 17.7 Å². The molecule has 0 saturated carbocycles. The molecule has 6 nitrogen and oxygen atoms in total. The summed E-state index contributed by atoms with van der Waals surface area (Å²) in [6.45, 7) is 2.42. The minimum atomic E-state index is -0.350. The van der Waals surface area contributed by atoms with Crippen molar-refractivity contribution in [2.24, 2.45) is 0 Å². The van der Waals surface area contributed by atoms with Gasteiger partial charge in [0.2, 0.25) is 5.89 Å². The lowest BCUT2D eigenvalue weighted by molar-refractivity contribution is 0.262. The third-order valence-electron chi connectivity index (χ3n) is 4.40. The number of rotatable bonds is 6. The number of para-hydroxylation sites is 2. The van der Waals surface area contributed by atoms with Gasteiger partial charge in [-0.3, -0.25) is 0 Å². The van der Waals surface area contributed by atoms with Gasteiger partial charge < -0.3 is 19.8 Å². The Balaban J connectivity index is 1.42. The zero-order valence-electron chi connectivity index (χ0n) is 16.5. The van der Waals surface area contributed by atoms with Crippen molar-refractivity contribution in [1.29, 1.82) is 0 Å². The molecular formula is C24H21N3O3. The van der Waals surface area contributed by atoms with E-state index in [2.05, 4.69) is 15.6 Å². The number of carbonyl (C=O) groups is 1. The molecule has 0 unspecified atom stereocenters. The summed E-state index contributed by atoms with van der Waals surface area (Å²) in [6, 6.07) is 24.1. The van der Waals surface area contributed by atoms with Crippen molar-refractivity contribution in [3.05, 3.63) is 85.1 Å². The van der Waals surface area contributed by atoms with E-state index in [1.54, 1.807) is 24.5 Å². The standard InChI is InChI=1S/C24H21N3O3/c1-2-29-22-11-7-6-10-20(22)27-24(28)25-19-14-12-18(13-15-19)23-26-21(16-30-23)17-8-4-3-5-9-17/h3-16H,2H2,1H3,(H2,25,27,28). The quantitative estimate of drug-likeness (QED) is 0.414. The highest BCUT2D eigenvalue weighted by atomic mass is 16.5. The fourth-order valence-electron chi connectivity index (χ4n) is 2.98. The predicted octanol–water partition coefficient (Wildman–Crippen LogP) is 6.05. The molecule has 30 heavy (non-hydrogen) atoms. The normalized spacial score (nSPS) is 10.4. The minimum Gasteiger partial charge on any atom is -0.492 e. The third-order valence-corrected chi connectivity index (χ3v) is 4.40. The summed E-state index contributed by atoms with van der Waals surface area (Å²) < 4.78 is 11.1. The van der Waals surface area contributed by atoms with Crippen LogP contribution in [-0.2, 0) is 0 Å². The molecule has 0 aliphatic rings. The molecule has 4 aromatic rings. The molecule has 4 rings (SSSR count). The lowest BCUT2D eigenvalue weighted by Crippen LogP contribution is -2.19. The highest BCUT2D eigenvalue weighted by molar-refractivity contribution is 6.00. The van der Waals surface area contributed by atoms with Gasteiger partial charge in [0.15, 0.2) is 0 Å². The van der Waals surface area contributed by atoms with E-state index in [4.69, 9.17) is 9.15 Å². The Morgan fingerprint density at radius 3 is 2.40 bits per heavy atom. The predicted molar refractivity (Wildman–Crippen MR) is 118 cm³/mol. The van der Waals surface area contributed by atoms with Crippen LogP contribution in [-0.4, -0.2) is 17.6 Å². The van der Waals surface area contributed by atoms with Crippen LogP contribution in [0, 0.1) is 0 Å². The van der Waals surface area contributed by atoms with Crippen LogP contribution in [0.5, 0.6) is 5.75 Å². The maximum absolute atomic E-state index is 12.3. The van der Waals surface area contributed by atoms with E-state index >= 15 is 0 Å². The van der Waals surface area contributed by atoms with Gasteiger partial charge in [-0.1, -0.05) is 42.5 Å². The van der Waals surface area contributed by atoms with Gasteiger partial charge in [0, 0.05) is 16.8 Å². The van der Waals surface area contributed by atoms with E-state index in [9.17, 15) is 4.79 Å². The van der Waals surface area contributed by atoms with Crippen LogP contribution in [0.4, 0.5) is 16.2 Å². The molecule has 0 saturated heterocycles. The van der Waals surface area contributed by atoms with Gasteiger partial charge in [-0.05, 0) is 43.3 Å². The van der Waals surface area contributed by atoms with Crippen molar-refractivity contribution >= 4 is 17.4 Å². The summed E-state index contributed by atoms with van der Waals surface area (Å²) in [5.74, 6) is 1.15. The number of carbonyl (C=O) groups excluding carboxylic acids is 1. The molecule has 1 aromatic heterocycles. The largest absolute Gasteiger partial charge is 0.492 e. The molecule has 2 amide bonds. The average molecular weight is 399 g/mol. The molecule has 3 aromatic carbocycles. The van der Waals surface area contributed by atoms with Crippen LogP contribution < -0.4 is 15.4 Å². The highest BCUT2D eigenvalue weighted by Gasteiger charge is 2.10. The second kappa shape index (κ2) is 8.96. The maximum Gasteiger partial charge on any atom is 0.323 e. The number of amides is 2. The molecule has 6 heteroatoms. The number of aromatic nitrogens is 1. The summed E-state index contributed by atoms with van der Waals surface area (Å²) in [5.41, 5.74) is 3.86. The van der Waals surface area contributed by atoms with Crippen molar-refractivity contribution in [2.75, 3.05) is 17.2 Å². The Hall–Kier alpha value is -4.06. The molecule has 150 valence electrons. The Bertz CT molecular complexity index is 1120. The highest BCUT2D eigenvalue weighted by Crippen LogP contribution is 2.26. The molecule has 2 N–H and O–H groups in total. The van der Waals surface area contributed by atoms with E-state index < -0.39 is 0 Å². The number of nitrogens with zero attached hydrogens (tertiary/aromatic N) is 1. The SMILES string of the molecule is CCOc1ccccc1NC(=O)Nc1ccc(-c2nc(-c3ccccc3)co2)cc1. The lowest BCUT2D eigenvalue weighted by Gasteiger charge is -2.12. The Morgan fingerprint density at radius 1 is 0.900 bits per heavy atom. The Morgan fingerprint density at radius 2 is 1.63 bits per heavy atom. The maximum atomic E-state index is 12.3. The monoisotopic (exact) mass is 399 g/mol. The van der Waals surface area contributed by atoms with Gasteiger partial charge in [0.05, 0.1) is 12.3 Å². The summed E-state index contributed by atoms with van der Waals surface area (Å²) in [7, 11) is 0. The third kappa shape index (κ3) is 4.50. The minimum absolute atomic E-state index is 0.350. The Labute approximate surface area is 174 Å². The van der Waals surface area contributed by atoms with Gasteiger partial charge in [-0.15, -0.1) is 0 Å². The Kier molecular flexibility index (Phi) is 5.75. The second-order valence-electron chi connectivity index (χ2n) is 6.49. The fraction of sp³-hybridized carbons (Fsp3) is 0.0833. The summed E-state index contributed by atoms with van der Waals surface area (Å²) >= 11 is 0. The number of hydrogen-bond acceptors (Lipinski definition) is 4. The van der Waals surface area contributed by atoms with Gasteiger partial charge in [0.25, 0.3) is 0 Å². The molecule has 0 fully saturated rings. The zero-order chi connectivity index (χ0) is 20.8. The smallest absolute Gasteiger partial charge is 0.323 e. The first kappa shape index (κ1) is 19.3. The zero-order valence-corrected chi connectivity index (χ0v) is 16.5. The van der Waals surface area contributed by atoms with Crippen LogP contribution in [0.15, 0.2) is 89.5 Å². The summed E-state index contributed by atoms with van der Waals surface area (Å²) in [6.07, 6.45) is 1.64. The molecular weight excluding hydrogens is 378 g/mol. The topological polar surface area (TPSA) is 76.4 Å². The first-order valence-electron chi connectivity index (χ1n) is 9.64. The van der Waals surface area contributed by atoms with Crippen LogP contribution >= 0.6 is 0 Å². The molecule has 0 spiro atoms. The number of benzene rings is 3. The van der Waals surface area contributed by atoms with Gasteiger partial charge in [-0.25, -0.2) is 9.78 Å². The molecule has 0 radical (unpaired) electrons. The van der Waals surface area contributed by atoms with Gasteiger partial charge in [-0.2, -0.15) is 0 Å². The first-order valence-corrected chi connectivity index (χ1v) is 9.64. The molecule has 0 atom stereocenters.